The van der Waals surface area contributed by atoms with Crippen LogP contribution in [-0.2, 0) is 9.59 Å². The van der Waals surface area contributed by atoms with E-state index in [4.69, 9.17) is 0 Å². The highest BCUT2D eigenvalue weighted by atomic mass is 16.2. The van der Waals surface area contributed by atoms with Gasteiger partial charge < -0.3 is 15.5 Å². The van der Waals surface area contributed by atoms with Gasteiger partial charge in [-0.15, -0.1) is 0 Å². The summed E-state index contributed by atoms with van der Waals surface area (Å²) in [5.41, 5.74) is 0.119. The number of nitrogens with zero attached hydrogens (tertiary/aromatic N) is 1. The zero-order valence-electron chi connectivity index (χ0n) is 11.5. The van der Waals surface area contributed by atoms with Crippen LogP contribution < -0.4 is 10.6 Å². The molecule has 102 valence electrons. The Morgan fingerprint density at radius 1 is 1.44 bits per heavy atom. The van der Waals surface area contributed by atoms with Crippen molar-refractivity contribution in [3.05, 3.63) is 0 Å². The van der Waals surface area contributed by atoms with E-state index in [2.05, 4.69) is 24.5 Å². The molecule has 1 heterocycles. The second-order valence-electron chi connectivity index (χ2n) is 5.89. The van der Waals surface area contributed by atoms with E-state index in [1.54, 1.807) is 4.90 Å². The highest BCUT2D eigenvalue weighted by molar-refractivity contribution is 5.90. The van der Waals surface area contributed by atoms with Crippen molar-refractivity contribution in [2.45, 2.75) is 33.2 Å². The molecular formula is C13H23N3O2. The van der Waals surface area contributed by atoms with E-state index >= 15 is 0 Å². The van der Waals surface area contributed by atoms with Gasteiger partial charge in [-0.05, 0) is 18.8 Å². The minimum absolute atomic E-state index is 0.0449. The van der Waals surface area contributed by atoms with E-state index in [-0.39, 0.29) is 29.2 Å². The molecule has 2 unspecified atom stereocenters. The van der Waals surface area contributed by atoms with Crippen molar-refractivity contribution in [3.63, 3.8) is 0 Å². The molecule has 1 aliphatic carbocycles. The largest absolute Gasteiger partial charge is 0.355 e. The number of amides is 2. The molecule has 2 N–H and O–H groups in total. The van der Waals surface area contributed by atoms with Crippen molar-refractivity contribution in [2.75, 3.05) is 26.2 Å². The first-order chi connectivity index (χ1) is 8.47. The summed E-state index contributed by atoms with van der Waals surface area (Å²) in [6.45, 7) is 8.68. The van der Waals surface area contributed by atoms with Gasteiger partial charge in [0.05, 0.1) is 0 Å². The molecule has 2 aliphatic rings. The van der Waals surface area contributed by atoms with Crippen LogP contribution in [0.5, 0.6) is 0 Å². The van der Waals surface area contributed by atoms with Crippen LogP contribution in [0.25, 0.3) is 0 Å². The summed E-state index contributed by atoms with van der Waals surface area (Å²) in [4.78, 5) is 26.2. The lowest BCUT2D eigenvalue weighted by Gasteiger charge is -2.35. The molecule has 1 aliphatic heterocycles. The lowest BCUT2D eigenvalue weighted by atomic mass is 10.1. The van der Waals surface area contributed by atoms with E-state index in [1.165, 1.54) is 0 Å². The van der Waals surface area contributed by atoms with Crippen LogP contribution in [0.1, 0.15) is 27.2 Å². The number of hydrogen-bond donors (Lipinski definition) is 2. The quantitative estimate of drug-likeness (QED) is 0.742. The number of hydrogen-bond acceptors (Lipinski definition) is 3. The van der Waals surface area contributed by atoms with Crippen LogP contribution in [0.15, 0.2) is 0 Å². The van der Waals surface area contributed by atoms with Crippen LogP contribution in [0, 0.1) is 11.3 Å². The van der Waals surface area contributed by atoms with Gasteiger partial charge in [0.1, 0.15) is 6.04 Å². The van der Waals surface area contributed by atoms with Crippen molar-refractivity contribution in [3.8, 4) is 0 Å². The average molecular weight is 253 g/mol. The molecule has 0 aromatic rings. The fourth-order valence-corrected chi connectivity index (χ4v) is 2.58. The van der Waals surface area contributed by atoms with E-state index in [1.807, 2.05) is 6.92 Å². The van der Waals surface area contributed by atoms with Gasteiger partial charge in [-0.25, -0.2) is 0 Å². The number of nitrogens with one attached hydrogen (secondary N) is 2. The molecule has 5 heteroatoms. The summed E-state index contributed by atoms with van der Waals surface area (Å²) in [6.07, 6.45) is 0.942. The molecule has 2 rings (SSSR count). The highest BCUT2D eigenvalue weighted by Gasteiger charge is 2.53. The number of piperazine rings is 1. The number of likely N-dealkylation sites (N-methyl/N-ethyl adjacent to an activating group) is 1. The van der Waals surface area contributed by atoms with Gasteiger partial charge in [-0.3, -0.25) is 9.59 Å². The number of rotatable bonds is 3. The molecule has 0 spiro atoms. The highest BCUT2D eigenvalue weighted by Crippen LogP contribution is 2.52. The average Bonchev–Trinajstić information content (AvgIpc) is 2.98. The Morgan fingerprint density at radius 3 is 2.67 bits per heavy atom. The van der Waals surface area contributed by atoms with Crippen molar-refractivity contribution >= 4 is 11.8 Å². The molecule has 1 saturated heterocycles. The predicted octanol–water partition coefficient (Wildman–Crippen LogP) is -0.0310. The summed E-state index contributed by atoms with van der Waals surface area (Å²) >= 11 is 0. The number of carbonyl (C=O) groups is 2. The Kier molecular flexibility index (Phi) is 3.61. The van der Waals surface area contributed by atoms with Crippen LogP contribution in [0.3, 0.4) is 0 Å². The van der Waals surface area contributed by atoms with Gasteiger partial charge in [0, 0.05) is 32.1 Å². The number of carbonyl (C=O) groups excluding carboxylic acids is 2. The fraction of sp³-hybridized carbons (Fsp3) is 0.846. The van der Waals surface area contributed by atoms with Crippen LogP contribution in [0.2, 0.25) is 0 Å². The smallest absolute Gasteiger partial charge is 0.244 e. The molecule has 18 heavy (non-hydrogen) atoms. The Balaban J connectivity index is 2.04. The van der Waals surface area contributed by atoms with Crippen molar-refractivity contribution < 1.29 is 9.59 Å². The zero-order chi connectivity index (χ0) is 13.3. The van der Waals surface area contributed by atoms with Gasteiger partial charge >= 0.3 is 0 Å². The maximum absolute atomic E-state index is 12.4. The zero-order valence-corrected chi connectivity index (χ0v) is 11.5. The lowest BCUT2D eigenvalue weighted by Crippen LogP contribution is -2.60. The van der Waals surface area contributed by atoms with E-state index < -0.39 is 0 Å². The maximum Gasteiger partial charge on any atom is 0.244 e. The monoisotopic (exact) mass is 253 g/mol. The molecule has 5 nitrogen and oxygen atoms in total. The molecule has 2 fully saturated rings. The summed E-state index contributed by atoms with van der Waals surface area (Å²) < 4.78 is 0. The van der Waals surface area contributed by atoms with Crippen molar-refractivity contribution in [1.82, 2.24) is 15.5 Å². The van der Waals surface area contributed by atoms with Gasteiger partial charge in [0.2, 0.25) is 11.8 Å². The minimum atomic E-state index is -0.345. The summed E-state index contributed by atoms with van der Waals surface area (Å²) in [6, 6.07) is -0.345. The second kappa shape index (κ2) is 4.88. The molecule has 0 radical (unpaired) electrons. The first kappa shape index (κ1) is 13.3. The Hall–Kier alpha value is -1.10. The maximum atomic E-state index is 12.4. The standard InChI is InChI=1S/C13H23N3O2/c1-4-15-11(17)10-8-14-5-6-16(10)12(18)9-7-13(9,2)3/h9-10,14H,4-8H2,1-3H3,(H,15,17). The second-order valence-corrected chi connectivity index (χ2v) is 5.89. The topological polar surface area (TPSA) is 61.4 Å². The van der Waals surface area contributed by atoms with Gasteiger partial charge in [0.25, 0.3) is 0 Å². The molecule has 2 amide bonds. The molecule has 0 bridgehead atoms. The van der Waals surface area contributed by atoms with Crippen LogP contribution in [0.4, 0.5) is 0 Å². The molecule has 0 aromatic carbocycles. The molecule has 0 aromatic heterocycles. The third kappa shape index (κ3) is 2.51. The van der Waals surface area contributed by atoms with Gasteiger partial charge in [-0.1, -0.05) is 13.8 Å². The fourth-order valence-electron chi connectivity index (χ4n) is 2.58. The van der Waals surface area contributed by atoms with Crippen LogP contribution >= 0.6 is 0 Å². The van der Waals surface area contributed by atoms with Crippen molar-refractivity contribution in [1.29, 1.82) is 0 Å². The SMILES string of the molecule is CCNC(=O)C1CNCCN1C(=O)C1CC1(C)C. The lowest BCUT2D eigenvalue weighted by molar-refractivity contribution is -0.143. The summed E-state index contributed by atoms with van der Waals surface area (Å²) in [5, 5.41) is 5.99. The normalized spacial score (nSPS) is 29.8. The van der Waals surface area contributed by atoms with E-state index in [0.29, 0.717) is 19.6 Å². The Bertz CT molecular complexity index is 354. The van der Waals surface area contributed by atoms with Crippen molar-refractivity contribution in [2.24, 2.45) is 11.3 Å². The Labute approximate surface area is 108 Å². The third-order valence-corrected chi connectivity index (χ3v) is 3.99. The first-order valence-electron chi connectivity index (χ1n) is 6.76. The summed E-state index contributed by atoms with van der Waals surface area (Å²) in [5.74, 6) is 0.210. The molecule has 2 atom stereocenters. The van der Waals surface area contributed by atoms with Crippen LogP contribution in [-0.4, -0.2) is 48.9 Å². The Morgan fingerprint density at radius 2 is 2.11 bits per heavy atom. The van der Waals surface area contributed by atoms with Gasteiger partial charge in [0.15, 0.2) is 0 Å². The first-order valence-corrected chi connectivity index (χ1v) is 6.76. The van der Waals surface area contributed by atoms with E-state index in [9.17, 15) is 9.59 Å². The summed E-state index contributed by atoms with van der Waals surface area (Å²) in [7, 11) is 0. The predicted molar refractivity (Wildman–Crippen MR) is 68.9 cm³/mol. The minimum Gasteiger partial charge on any atom is -0.355 e. The molecule has 1 saturated carbocycles. The molecular weight excluding hydrogens is 230 g/mol. The van der Waals surface area contributed by atoms with E-state index in [0.717, 1.165) is 13.0 Å². The van der Waals surface area contributed by atoms with Gasteiger partial charge in [-0.2, -0.15) is 0 Å². The third-order valence-electron chi connectivity index (χ3n) is 3.99.